The summed E-state index contributed by atoms with van der Waals surface area (Å²) in [4.78, 5) is 7.42. The molecule has 2 aliphatic heterocycles. The molecule has 0 amide bonds. The molecule has 27 heavy (non-hydrogen) atoms. The highest BCUT2D eigenvalue weighted by Gasteiger charge is 2.46. The SMILES string of the molecule is NCc1ccc(-c2nc([C@@H]3C[C@H](c4ccccc4)N4CCC[C@@H]34)no2)cc1. The van der Waals surface area contributed by atoms with Crippen LogP contribution in [0, 0.1) is 0 Å². The second-order valence-corrected chi connectivity index (χ2v) is 7.57. The molecule has 0 spiro atoms. The lowest BCUT2D eigenvalue weighted by Gasteiger charge is -2.24. The van der Waals surface area contributed by atoms with Crippen LogP contribution in [0.4, 0.5) is 0 Å². The molecule has 2 aliphatic rings. The molecule has 0 radical (unpaired) electrons. The molecule has 0 bridgehead atoms. The number of fused-ring (bicyclic) bond motifs is 1. The van der Waals surface area contributed by atoms with Crippen LogP contribution in [0.5, 0.6) is 0 Å². The van der Waals surface area contributed by atoms with Gasteiger partial charge in [-0.25, -0.2) is 0 Å². The van der Waals surface area contributed by atoms with Gasteiger partial charge >= 0.3 is 0 Å². The fourth-order valence-corrected chi connectivity index (χ4v) is 4.73. The molecule has 0 unspecified atom stereocenters. The van der Waals surface area contributed by atoms with Crippen LogP contribution in [-0.2, 0) is 6.54 Å². The average molecular weight is 360 g/mol. The zero-order valence-corrected chi connectivity index (χ0v) is 15.3. The highest BCUT2D eigenvalue weighted by molar-refractivity contribution is 5.53. The Bertz CT molecular complexity index is 906. The van der Waals surface area contributed by atoms with Gasteiger partial charge in [-0.2, -0.15) is 4.98 Å². The summed E-state index contributed by atoms with van der Waals surface area (Å²) in [6.45, 7) is 1.70. The van der Waals surface area contributed by atoms with Gasteiger partial charge in [-0.3, -0.25) is 4.90 Å². The van der Waals surface area contributed by atoms with Crippen molar-refractivity contribution in [3.05, 3.63) is 71.5 Å². The first-order valence-corrected chi connectivity index (χ1v) is 9.77. The molecule has 3 atom stereocenters. The van der Waals surface area contributed by atoms with E-state index in [9.17, 15) is 0 Å². The minimum Gasteiger partial charge on any atom is -0.334 e. The van der Waals surface area contributed by atoms with Crippen LogP contribution >= 0.6 is 0 Å². The van der Waals surface area contributed by atoms with E-state index in [-0.39, 0.29) is 0 Å². The third kappa shape index (κ3) is 2.97. The van der Waals surface area contributed by atoms with E-state index in [1.54, 1.807) is 0 Å². The molecule has 2 N–H and O–H groups in total. The van der Waals surface area contributed by atoms with Crippen molar-refractivity contribution in [2.75, 3.05) is 6.54 Å². The first-order chi connectivity index (χ1) is 13.3. The fourth-order valence-electron chi connectivity index (χ4n) is 4.73. The number of aromatic nitrogens is 2. The van der Waals surface area contributed by atoms with Gasteiger partial charge in [0.2, 0.25) is 0 Å². The van der Waals surface area contributed by atoms with E-state index in [0.717, 1.165) is 29.9 Å². The summed E-state index contributed by atoms with van der Waals surface area (Å²) in [6.07, 6.45) is 3.51. The van der Waals surface area contributed by atoms with Crippen LogP contribution in [0.2, 0.25) is 0 Å². The van der Waals surface area contributed by atoms with E-state index in [1.165, 1.54) is 18.4 Å². The summed E-state index contributed by atoms with van der Waals surface area (Å²) in [5.74, 6) is 1.78. The van der Waals surface area contributed by atoms with Gasteiger partial charge in [0.25, 0.3) is 5.89 Å². The van der Waals surface area contributed by atoms with Crippen LogP contribution in [-0.4, -0.2) is 27.6 Å². The molecule has 138 valence electrons. The Labute approximate surface area is 159 Å². The quantitative estimate of drug-likeness (QED) is 0.764. The molecule has 5 nitrogen and oxygen atoms in total. The Hall–Kier alpha value is -2.50. The minimum atomic E-state index is 0.332. The van der Waals surface area contributed by atoms with Crippen molar-refractivity contribution in [3.63, 3.8) is 0 Å². The van der Waals surface area contributed by atoms with Crippen molar-refractivity contribution in [2.45, 2.75) is 43.8 Å². The van der Waals surface area contributed by atoms with Crippen LogP contribution in [0.3, 0.4) is 0 Å². The van der Waals surface area contributed by atoms with E-state index in [0.29, 0.717) is 30.4 Å². The Morgan fingerprint density at radius 1 is 1.07 bits per heavy atom. The molecule has 5 heteroatoms. The van der Waals surface area contributed by atoms with Gasteiger partial charge in [0, 0.05) is 30.1 Å². The van der Waals surface area contributed by atoms with Gasteiger partial charge in [-0.05, 0) is 49.1 Å². The van der Waals surface area contributed by atoms with Gasteiger partial charge in [-0.1, -0.05) is 47.6 Å². The Balaban J connectivity index is 1.42. The standard InChI is InChI=1S/C22H24N4O/c23-14-15-8-10-17(11-9-15)22-24-21(25-27-22)18-13-20(16-5-2-1-3-6-16)26-12-4-7-19(18)26/h1-3,5-6,8-11,18-20H,4,7,12-14,23H2/t18-,19+,20-/m1/s1. The largest absolute Gasteiger partial charge is 0.334 e. The summed E-state index contributed by atoms with van der Waals surface area (Å²) in [5, 5.41) is 4.37. The van der Waals surface area contributed by atoms with Crippen molar-refractivity contribution >= 4 is 0 Å². The first-order valence-electron chi connectivity index (χ1n) is 9.77. The lowest BCUT2D eigenvalue weighted by molar-refractivity contribution is 0.243. The number of rotatable bonds is 4. The molecule has 1 aromatic heterocycles. The Morgan fingerprint density at radius 2 is 1.89 bits per heavy atom. The summed E-state index contributed by atoms with van der Waals surface area (Å²) >= 11 is 0. The van der Waals surface area contributed by atoms with E-state index in [4.69, 9.17) is 15.2 Å². The van der Waals surface area contributed by atoms with Gasteiger partial charge < -0.3 is 10.3 Å². The molecule has 5 rings (SSSR count). The summed E-state index contributed by atoms with van der Waals surface area (Å²) in [6, 6.07) is 19.8. The predicted molar refractivity (Wildman–Crippen MR) is 104 cm³/mol. The molecule has 0 aliphatic carbocycles. The maximum Gasteiger partial charge on any atom is 0.257 e. The fraction of sp³-hybridized carbons (Fsp3) is 0.364. The van der Waals surface area contributed by atoms with Crippen molar-refractivity contribution in [1.82, 2.24) is 15.0 Å². The van der Waals surface area contributed by atoms with E-state index in [1.807, 2.05) is 24.3 Å². The number of hydrogen-bond acceptors (Lipinski definition) is 5. The van der Waals surface area contributed by atoms with Crippen LogP contribution in [0.15, 0.2) is 59.1 Å². The van der Waals surface area contributed by atoms with Crippen LogP contribution in [0.1, 0.15) is 48.2 Å². The minimum absolute atomic E-state index is 0.332. The van der Waals surface area contributed by atoms with Crippen molar-refractivity contribution in [3.8, 4) is 11.5 Å². The first kappa shape index (κ1) is 16.7. The molecule has 0 saturated carbocycles. The van der Waals surface area contributed by atoms with Crippen molar-refractivity contribution in [2.24, 2.45) is 5.73 Å². The maximum absolute atomic E-state index is 5.68. The van der Waals surface area contributed by atoms with Crippen molar-refractivity contribution in [1.29, 1.82) is 0 Å². The number of benzene rings is 2. The van der Waals surface area contributed by atoms with Gasteiger partial charge in [0.05, 0.1) is 0 Å². The second-order valence-electron chi connectivity index (χ2n) is 7.57. The average Bonchev–Trinajstić information content (AvgIpc) is 3.45. The number of nitrogens with zero attached hydrogens (tertiary/aromatic N) is 3. The predicted octanol–water partition coefficient (Wildman–Crippen LogP) is 3.89. The monoisotopic (exact) mass is 360 g/mol. The topological polar surface area (TPSA) is 68.2 Å². The van der Waals surface area contributed by atoms with Crippen LogP contribution in [0.25, 0.3) is 11.5 Å². The maximum atomic E-state index is 5.68. The number of nitrogens with two attached hydrogens (primary N) is 1. The van der Waals surface area contributed by atoms with Crippen LogP contribution < -0.4 is 5.73 Å². The molecule has 2 saturated heterocycles. The normalized spacial score (nSPS) is 25.0. The van der Waals surface area contributed by atoms with Gasteiger partial charge in [-0.15, -0.1) is 0 Å². The molecule has 3 heterocycles. The van der Waals surface area contributed by atoms with Gasteiger partial charge in [0.15, 0.2) is 5.82 Å². The lowest BCUT2D eigenvalue weighted by atomic mass is 9.94. The highest BCUT2D eigenvalue weighted by atomic mass is 16.5. The third-order valence-electron chi connectivity index (χ3n) is 6.08. The van der Waals surface area contributed by atoms with Gasteiger partial charge in [0.1, 0.15) is 0 Å². The molecule has 2 fully saturated rings. The Morgan fingerprint density at radius 3 is 2.67 bits per heavy atom. The molecular formula is C22H24N4O. The zero-order chi connectivity index (χ0) is 18.2. The second kappa shape index (κ2) is 6.91. The summed E-state index contributed by atoms with van der Waals surface area (Å²) in [5.41, 5.74) is 9.13. The van der Waals surface area contributed by atoms with Crippen molar-refractivity contribution < 1.29 is 4.52 Å². The smallest absolute Gasteiger partial charge is 0.257 e. The number of hydrogen-bond donors (Lipinski definition) is 1. The Kier molecular flexibility index (Phi) is 4.26. The summed E-state index contributed by atoms with van der Waals surface area (Å²) in [7, 11) is 0. The molecule has 2 aromatic carbocycles. The third-order valence-corrected chi connectivity index (χ3v) is 6.08. The molecule has 3 aromatic rings. The zero-order valence-electron chi connectivity index (χ0n) is 15.3. The highest BCUT2D eigenvalue weighted by Crippen LogP contribution is 2.48. The lowest BCUT2D eigenvalue weighted by Crippen LogP contribution is -2.27. The summed E-state index contributed by atoms with van der Waals surface area (Å²) < 4.78 is 5.62. The van der Waals surface area contributed by atoms with E-state index in [2.05, 4.69) is 40.4 Å². The molecular weight excluding hydrogens is 336 g/mol. The van der Waals surface area contributed by atoms with E-state index >= 15 is 0 Å². The van der Waals surface area contributed by atoms with E-state index < -0.39 is 0 Å².